The molecule has 2 rings (SSSR count). The predicted octanol–water partition coefficient (Wildman–Crippen LogP) is 0.962. The van der Waals surface area contributed by atoms with E-state index in [-0.39, 0.29) is 18.5 Å². The molecule has 1 aromatic heterocycles. The molecule has 0 spiro atoms. The summed E-state index contributed by atoms with van der Waals surface area (Å²) in [4.78, 5) is 27.4. The number of amides is 2. The van der Waals surface area contributed by atoms with E-state index < -0.39 is 5.60 Å². The van der Waals surface area contributed by atoms with Gasteiger partial charge in [-0.05, 0) is 26.8 Å². The second-order valence-electron chi connectivity index (χ2n) is 6.05. The molecule has 21 heavy (non-hydrogen) atoms. The van der Waals surface area contributed by atoms with Gasteiger partial charge in [-0.25, -0.2) is 4.79 Å². The Balaban J connectivity index is 1.80. The number of nitrogens with zero attached hydrogens (tertiary/aromatic N) is 4. The predicted molar refractivity (Wildman–Crippen MR) is 76.6 cm³/mol. The van der Waals surface area contributed by atoms with Crippen LogP contribution in [0.3, 0.4) is 0 Å². The number of carbonyl (C=O) groups is 2. The molecule has 0 saturated carbocycles. The zero-order valence-corrected chi connectivity index (χ0v) is 12.8. The fraction of sp³-hybridized carbons (Fsp3) is 0.643. The Kier molecular flexibility index (Phi) is 4.50. The molecule has 0 N–H and O–H groups in total. The summed E-state index contributed by atoms with van der Waals surface area (Å²) in [7, 11) is 0. The van der Waals surface area contributed by atoms with Crippen molar-refractivity contribution in [3.05, 3.63) is 18.5 Å². The van der Waals surface area contributed by atoms with Crippen molar-refractivity contribution in [1.82, 2.24) is 19.6 Å². The smallest absolute Gasteiger partial charge is 0.410 e. The van der Waals surface area contributed by atoms with E-state index in [9.17, 15) is 9.59 Å². The molecular weight excluding hydrogens is 272 g/mol. The summed E-state index contributed by atoms with van der Waals surface area (Å²) in [6.07, 6.45) is 3.09. The van der Waals surface area contributed by atoms with E-state index in [1.54, 1.807) is 32.9 Å². The molecule has 0 radical (unpaired) electrons. The average Bonchev–Trinajstić information content (AvgIpc) is 2.90. The van der Waals surface area contributed by atoms with Crippen molar-refractivity contribution in [2.24, 2.45) is 0 Å². The Morgan fingerprint density at radius 3 is 2.29 bits per heavy atom. The zero-order chi connectivity index (χ0) is 15.5. The first kappa shape index (κ1) is 15.3. The van der Waals surface area contributed by atoms with Crippen molar-refractivity contribution in [3.63, 3.8) is 0 Å². The lowest BCUT2D eigenvalue weighted by molar-refractivity contribution is -0.133. The second-order valence-corrected chi connectivity index (χ2v) is 6.05. The van der Waals surface area contributed by atoms with Crippen molar-refractivity contribution in [1.29, 1.82) is 0 Å². The summed E-state index contributed by atoms with van der Waals surface area (Å²) in [6.45, 7) is 7.82. The third-order valence-corrected chi connectivity index (χ3v) is 3.14. The minimum Gasteiger partial charge on any atom is -0.444 e. The van der Waals surface area contributed by atoms with Gasteiger partial charge in [0.1, 0.15) is 12.1 Å². The molecule has 0 bridgehead atoms. The van der Waals surface area contributed by atoms with Crippen molar-refractivity contribution < 1.29 is 14.3 Å². The topological polar surface area (TPSA) is 67.7 Å². The summed E-state index contributed by atoms with van der Waals surface area (Å²) in [5.74, 6) is 0.0162. The van der Waals surface area contributed by atoms with Crippen molar-refractivity contribution in [2.45, 2.75) is 32.9 Å². The van der Waals surface area contributed by atoms with Crippen LogP contribution in [0.4, 0.5) is 4.79 Å². The Bertz CT molecular complexity index is 485. The van der Waals surface area contributed by atoms with Gasteiger partial charge in [0, 0.05) is 38.6 Å². The fourth-order valence-corrected chi connectivity index (χ4v) is 2.10. The van der Waals surface area contributed by atoms with Gasteiger partial charge in [0.25, 0.3) is 0 Å². The highest BCUT2D eigenvalue weighted by Gasteiger charge is 2.27. The van der Waals surface area contributed by atoms with Gasteiger partial charge in [0.15, 0.2) is 0 Å². The lowest BCUT2D eigenvalue weighted by atomic mass is 10.2. The van der Waals surface area contributed by atoms with Gasteiger partial charge in [0.05, 0.1) is 0 Å². The molecule has 0 aliphatic carbocycles. The maximum Gasteiger partial charge on any atom is 0.410 e. The molecule has 0 unspecified atom stereocenters. The molecule has 1 saturated heterocycles. The summed E-state index contributed by atoms with van der Waals surface area (Å²) in [5.41, 5.74) is -0.496. The third-order valence-electron chi connectivity index (χ3n) is 3.14. The van der Waals surface area contributed by atoms with Crippen molar-refractivity contribution in [2.75, 3.05) is 26.2 Å². The van der Waals surface area contributed by atoms with Crippen LogP contribution < -0.4 is 0 Å². The van der Waals surface area contributed by atoms with Crippen LogP contribution in [0.15, 0.2) is 18.5 Å². The standard InChI is InChI=1S/C14H22N4O3/c1-14(2,3)21-13(20)17-9-7-16(8-10-17)12(19)11-18-6-4-5-15-18/h4-6H,7-11H2,1-3H3. The molecule has 1 fully saturated rings. The second kappa shape index (κ2) is 6.15. The summed E-state index contributed by atoms with van der Waals surface area (Å²) in [6, 6.07) is 1.79. The first-order valence-electron chi connectivity index (χ1n) is 7.08. The van der Waals surface area contributed by atoms with Crippen LogP contribution in [0.5, 0.6) is 0 Å². The Hall–Kier alpha value is -2.05. The number of aromatic nitrogens is 2. The Morgan fingerprint density at radius 1 is 1.14 bits per heavy atom. The first-order valence-corrected chi connectivity index (χ1v) is 7.08. The summed E-state index contributed by atoms with van der Waals surface area (Å²) < 4.78 is 6.93. The molecule has 7 heteroatoms. The molecule has 1 aromatic rings. The lowest BCUT2D eigenvalue weighted by Crippen LogP contribution is -2.52. The maximum atomic E-state index is 12.1. The van der Waals surface area contributed by atoms with E-state index in [2.05, 4.69) is 5.10 Å². The van der Waals surface area contributed by atoms with Crippen LogP contribution in [0.2, 0.25) is 0 Å². The number of piperazine rings is 1. The van der Waals surface area contributed by atoms with Crippen LogP contribution in [0, 0.1) is 0 Å². The normalized spacial score (nSPS) is 16.0. The molecule has 1 aliphatic heterocycles. The molecule has 7 nitrogen and oxygen atoms in total. The fourth-order valence-electron chi connectivity index (χ4n) is 2.10. The summed E-state index contributed by atoms with van der Waals surface area (Å²) in [5, 5.41) is 4.02. The first-order chi connectivity index (χ1) is 9.85. The molecular formula is C14H22N4O3. The molecule has 1 aliphatic rings. The minimum atomic E-state index is -0.496. The number of rotatable bonds is 2. The Labute approximate surface area is 124 Å². The van der Waals surface area contributed by atoms with Gasteiger partial charge in [-0.2, -0.15) is 5.10 Å². The number of ether oxygens (including phenoxy) is 1. The van der Waals surface area contributed by atoms with Gasteiger partial charge in [-0.3, -0.25) is 9.48 Å². The van der Waals surface area contributed by atoms with Crippen LogP contribution in [0.1, 0.15) is 20.8 Å². The third kappa shape index (κ3) is 4.47. The quantitative estimate of drug-likeness (QED) is 0.815. The van der Waals surface area contributed by atoms with Crippen LogP contribution in [-0.4, -0.2) is 63.4 Å². The zero-order valence-electron chi connectivity index (χ0n) is 12.8. The molecule has 0 atom stereocenters. The van der Waals surface area contributed by atoms with Crippen molar-refractivity contribution in [3.8, 4) is 0 Å². The number of carbonyl (C=O) groups excluding carboxylic acids is 2. The monoisotopic (exact) mass is 294 g/mol. The van der Waals surface area contributed by atoms with E-state index in [0.29, 0.717) is 26.2 Å². The maximum absolute atomic E-state index is 12.1. The van der Waals surface area contributed by atoms with Crippen LogP contribution in [-0.2, 0) is 16.1 Å². The van der Waals surface area contributed by atoms with Crippen LogP contribution in [0.25, 0.3) is 0 Å². The minimum absolute atomic E-state index is 0.0162. The van der Waals surface area contributed by atoms with Gasteiger partial charge < -0.3 is 14.5 Å². The van der Waals surface area contributed by atoms with E-state index in [4.69, 9.17) is 4.74 Å². The van der Waals surface area contributed by atoms with E-state index in [1.165, 1.54) is 0 Å². The number of hydrogen-bond donors (Lipinski definition) is 0. The molecule has 116 valence electrons. The van der Waals surface area contributed by atoms with Gasteiger partial charge in [0.2, 0.25) is 5.91 Å². The van der Waals surface area contributed by atoms with Crippen LogP contribution >= 0.6 is 0 Å². The van der Waals surface area contributed by atoms with Gasteiger partial charge in [-0.15, -0.1) is 0 Å². The molecule has 0 aromatic carbocycles. The van der Waals surface area contributed by atoms with E-state index >= 15 is 0 Å². The molecule has 2 amide bonds. The largest absolute Gasteiger partial charge is 0.444 e. The highest BCUT2D eigenvalue weighted by molar-refractivity contribution is 5.76. The summed E-state index contributed by atoms with van der Waals surface area (Å²) >= 11 is 0. The Morgan fingerprint density at radius 2 is 1.76 bits per heavy atom. The van der Waals surface area contributed by atoms with E-state index in [0.717, 1.165) is 0 Å². The van der Waals surface area contributed by atoms with E-state index in [1.807, 2.05) is 20.8 Å². The van der Waals surface area contributed by atoms with Crippen molar-refractivity contribution >= 4 is 12.0 Å². The van der Waals surface area contributed by atoms with Gasteiger partial charge >= 0.3 is 6.09 Å². The highest BCUT2D eigenvalue weighted by Crippen LogP contribution is 2.12. The molecule has 2 heterocycles. The SMILES string of the molecule is CC(C)(C)OC(=O)N1CCN(C(=O)Cn2cccn2)CC1. The number of hydrogen-bond acceptors (Lipinski definition) is 4. The van der Waals surface area contributed by atoms with Gasteiger partial charge in [-0.1, -0.05) is 0 Å². The lowest BCUT2D eigenvalue weighted by Gasteiger charge is -2.35. The highest BCUT2D eigenvalue weighted by atomic mass is 16.6. The average molecular weight is 294 g/mol.